The van der Waals surface area contributed by atoms with Crippen LogP contribution in [0, 0.1) is 11.3 Å². The van der Waals surface area contributed by atoms with Crippen LogP contribution in [0.2, 0.25) is 0 Å². The van der Waals surface area contributed by atoms with Gasteiger partial charge >= 0.3 is 5.97 Å². The van der Waals surface area contributed by atoms with E-state index in [2.05, 4.69) is 15.5 Å². The Morgan fingerprint density at radius 1 is 0.978 bits per heavy atom. The van der Waals surface area contributed by atoms with Gasteiger partial charge in [0.25, 0.3) is 10.0 Å². The molecule has 0 N–H and O–H groups in total. The van der Waals surface area contributed by atoms with Gasteiger partial charge in [-0.15, -0.1) is 0 Å². The van der Waals surface area contributed by atoms with Crippen LogP contribution in [0.1, 0.15) is 62.4 Å². The summed E-state index contributed by atoms with van der Waals surface area (Å²) in [6.45, 7) is 6.04. The number of imidazole rings is 1. The van der Waals surface area contributed by atoms with Gasteiger partial charge in [-0.3, -0.25) is 9.10 Å². The largest absolute Gasteiger partial charge is 0.466 e. The van der Waals surface area contributed by atoms with Gasteiger partial charge in [0.1, 0.15) is 5.82 Å². The Bertz CT molecular complexity index is 1720. The van der Waals surface area contributed by atoms with E-state index < -0.39 is 10.0 Å². The van der Waals surface area contributed by atoms with E-state index in [0.29, 0.717) is 55.7 Å². The number of likely N-dealkylation sites (tertiary alicyclic amines) is 1. The molecule has 10 heteroatoms. The first kappa shape index (κ1) is 32.2. The van der Waals surface area contributed by atoms with Gasteiger partial charge in [-0.2, -0.15) is 5.26 Å². The summed E-state index contributed by atoms with van der Waals surface area (Å²) in [5.41, 5.74) is 3.73. The van der Waals surface area contributed by atoms with Crippen molar-refractivity contribution in [1.29, 1.82) is 5.26 Å². The van der Waals surface area contributed by atoms with Crippen molar-refractivity contribution in [3.05, 3.63) is 89.7 Å². The molecule has 0 atom stereocenters. The topological polar surface area (TPSA) is 109 Å². The third kappa shape index (κ3) is 8.10. The molecule has 4 aromatic rings. The fraction of sp³-hybridized carbons (Fsp3) is 0.400. The van der Waals surface area contributed by atoms with E-state index in [1.807, 2.05) is 36.4 Å². The molecule has 0 radical (unpaired) electrons. The van der Waals surface area contributed by atoms with Gasteiger partial charge in [0.2, 0.25) is 0 Å². The number of hydrogen-bond donors (Lipinski definition) is 0. The van der Waals surface area contributed by atoms with Crippen molar-refractivity contribution < 1.29 is 17.9 Å². The molecule has 1 aromatic heterocycles. The molecule has 1 saturated heterocycles. The molecule has 0 amide bonds. The fourth-order valence-corrected chi connectivity index (χ4v) is 7.45. The summed E-state index contributed by atoms with van der Waals surface area (Å²) in [6.07, 6.45) is 5.76. The number of nitriles is 1. The van der Waals surface area contributed by atoms with Crippen LogP contribution in [0.3, 0.4) is 0 Å². The number of sulfonamides is 1. The monoisotopic (exact) mass is 627 g/mol. The van der Waals surface area contributed by atoms with Gasteiger partial charge in [0, 0.05) is 25.9 Å². The standard InChI is InChI=1S/C35H41N5O4S/c1-2-44-35(41)13-9-23-39-33-19-18-30(26-32(33)37-34(39)25-28-14-16-29(27-36)17-15-28)40(24-10-22-38-20-7-4-8-21-38)45(42,43)31-11-5-3-6-12-31/h3,5-6,11-12,14-19,26H,2,4,7-10,13,20-25H2,1H3. The lowest BCUT2D eigenvalue weighted by atomic mass is 10.1. The highest BCUT2D eigenvalue weighted by molar-refractivity contribution is 7.92. The van der Waals surface area contributed by atoms with Gasteiger partial charge in [-0.1, -0.05) is 36.8 Å². The number of ether oxygens (including phenoxy) is 1. The van der Waals surface area contributed by atoms with Gasteiger partial charge in [0.15, 0.2) is 0 Å². The van der Waals surface area contributed by atoms with Gasteiger partial charge in [0.05, 0.1) is 39.9 Å². The molecule has 0 saturated carbocycles. The number of hydrogen-bond acceptors (Lipinski definition) is 7. The lowest BCUT2D eigenvalue weighted by molar-refractivity contribution is -0.143. The number of aromatic nitrogens is 2. The summed E-state index contributed by atoms with van der Waals surface area (Å²) in [6, 6.07) is 23.8. The molecule has 0 unspecified atom stereocenters. The van der Waals surface area contributed by atoms with Gasteiger partial charge < -0.3 is 14.2 Å². The molecule has 45 heavy (non-hydrogen) atoms. The third-order valence-electron chi connectivity index (χ3n) is 8.23. The van der Waals surface area contributed by atoms with Crippen LogP contribution in [-0.2, 0) is 32.5 Å². The second kappa shape index (κ2) is 15.2. The zero-order chi connectivity index (χ0) is 31.6. The number of anilines is 1. The lowest BCUT2D eigenvalue weighted by Crippen LogP contribution is -2.36. The highest BCUT2D eigenvalue weighted by Crippen LogP contribution is 2.29. The Balaban J connectivity index is 1.47. The molecule has 1 aliphatic rings. The number of carbonyl (C=O) groups is 1. The smallest absolute Gasteiger partial charge is 0.305 e. The number of fused-ring (bicyclic) bond motifs is 1. The Kier molecular flexibility index (Phi) is 10.9. The first-order chi connectivity index (χ1) is 21.9. The minimum Gasteiger partial charge on any atom is -0.466 e. The average molecular weight is 628 g/mol. The van der Waals surface area contributed by atoms with Crippen LogP contribution < -0.4 is 4.31 Å². The Labute approximate surface area is 266 Å². The predicted octanol–water partition coefficient (Wildman–Crippen LogP) is 5.91. The summed E-state index contributed by atoms with van der Waals surface area (Å²) in [7, 11) is -3.81. The van der Waals surface area contributed by atoms with E-state index in [1.165, 1.54) is 23.6 Å². The highest BCUT2D eigenvalue weighted by Gasteiger charge is 2.26. The molecule has 2 heterocycles. The van der Waals surface area contributed by atoms with Crippen LogP contribution in [0.25, 0.3) is 11.0 Å². The average Bonchev–Trinajstić information content (AvgIpc) is 3.40. The number of carbonyl (C=O) groups excluding carboxylic acids is 1. The van der Waals surface area contributed by atoms with E-state index in [4.69, 9.17) is 9.72 Å². The van der Waals surface area contributed by atoms with Crippen molar-refractivity contribution in [3.8, 4) is 6.07 Å². The quantitative estimate of drug-likeness (QED) is 0.160. The van der Waals surface area contributed by atoms with E-state index in [0.717, 1.165) is 43.0 Å². The van der Waals surface area contributed by atoms with Crippen LogP contribution in [-0.4, -0.2) is 61.6 Å². The summed E-state index contributed by atoms with van der Waals surface area (Å²) in [5.74, 6) is 0.572. The van der Waals surface area contributed by atoms with Crippen LogP contribution >= 0.6 is 0 Å². The molecular formula is C35H41N5O4S. The maximum absolute atomic E-state index is 14.0. The normalized spacial score (nSPS) is 13.9. The first-order valence-electron chi connectivity index (χ1n) is 15.8. The van der Waals surface area contributed by atoms with Crippen molar-refractivity contribution >= 4 is 32.7 Å². The summed E-state index contributed by atoms with van der Waals surface area (Å²) >= 11 is 0. The molecule has 1 aliphatic heterocycles. The number of piperidine rings is 1. The van der Waals surface area contributed by atoms with Crippen molar-refractivity contribution in [2.45, 2.75) is 63.3 Å². The number of rotatable bonds is 14. The fourth-order valence-electron chi connectivity index (χ4n) is 5.93. The number of nitrogens with zero attached hydrogens (tertiary/aromatic N) is 5. The maximum Gasteiger partial charge on any atom is 0.305 e. The van der Waals surface area contributed by atoms with Crippen molar-refractivity contribution in [2.75, 3.05) is 37.1 Å². The molecule has 0 aliphatic carbocycles. The number of aryl methyl sites for hydroxylation is 1. The molecular weight excluding hydrogens is 586 g/mol. The molecule has 9 nitrogen and oxygen atoms in total. The van der Waals surface area contributed by atoms with Gasteiger partial charge in [-0.05, 0) is 100 Å². The zero-order valence-electron chi connectivity index (χ0n) is 25.9. The second-order valence-electron chi connectivity index (χ2n) is 11.4. The van der Waals surface area contributed by atoms with Crippen molar-refractivity contribution in [2.24, 2.45) is 0 Å². The summed E-state index contributed by atoms with van der Waals surface area (Å²) in [5, 5.41) is 9.21. The lowest BCUT2D eigenvalue weighted by Gasteiger charge is -2.29. The first-order valence-corrected chi connectivity index (χ1v) is 17.3. The molecule has 0 spiro atoms. The minimum absolute atomic E-state index is 0.232. The maximum atomic E-state index is 14.0. The predicted molar refractivity (Wildman–Crippen MR) is 175 cm³/mol. The Morgan fingerprint density at radius 3 is 2.44 bits per heavy atom. The van der Waals surface area contributed by atoms with E-state index in [-0.39, 0.29) is 10.9 Å². The minimum atomic E-state index is -3.81. The molecule has 236 valence electrons. The number of esters is 1. The Morgan fingerprint density at radius 2 is 1.73 bits per heavy atom. The molecule has 1 fully saturated rings. The van der Waals surface area contributed by atoms with Crippen molar-refractivity contribution in [1.82, 2.24) is 14.5 Å². The molecule has 5 rings (SSSR count). The van der Waals surface area contributed by atoms with Crippen molar-refractivity contribution in [3.63, 3.8) is 0 Å². The molecule has 3 aromatic carbocycles. The zero-order valence-corrected chi connectivity index (χ0v) is 26.7. The highest BCUT2D eigenvalue weighted by atomic mass is 32.2. The third-order valence-corrected chi connectivity index (χ3v) is 10.1. The summed E-state index contributed by atoms with van der Waals surface area (Å²) in [4.78, 5) is 19.7. The second-order valence-corrected chi connectivity index (χ2v) is 13.3. The summed E-state index contributed by atoms with van der Waals surface area (Å²) < 4.78 is 36.7. The van der Waals surface area contributed by atoms with Gasteiger partial charge in [-0.25, -0.2) is 13.4 Å². The van der Waals surface area contributed by atoms with E-state index in [9.17, 15) is 18.5 Å². The molecule has 0 bridgehead atoms. The Hall–Kier alpha value is -4.20. The van der Waals surface area contributed by atoms with E-state index in [1.54, 1.807) is 43.3 Å². The van der Waals surface area contributed by atoms with Crippen LogP contribution in [0.15, 0.2) is 77.7 Å². The van der Waals surface area contributed by atoms with Crippen LogP contribution in [0.5, 0.6) is 0 Å². The SMILES string of the molecule is CCOC(=O)CCCn1c(Cc2ccc(C#N)cc2)nc2cc(N(CCCN3CCCCC3)S(=O)(=O)c3ccccc3)ccc21. The number of benzene rings is 3. The van der Waals surface area contributed by atoms with E-state index >= 15 is 0 Å². The van der Waals surface area contributed by atoms with Crippen LogP contribution in [0.4, 0.5) is 5.69 Å².